The molecule has 2 aliphatic heterocycles. The van der Waals surface area contributed by atoms with Gasteiger partial charge < -0.3 is 18.9 Å². The Bertz CT molecular complexity index is 709. The molecule has 1 aromatic rings. The number of likely N-dealkylation sites (tertiary alicyclic amines) is 1. The average Bonchev–Trinajstić information content (AvgIpc) is 2.88. The molecule has 1 amide bonds. The maximum Gasteiger partial charge on any atom is 0.495 e. The second kappa shape index (κ2) is 7.28. The molecule has 0 spiro atoms. The fourth-order valence-corrected chi connectivity index (χ4v) is 3.52. The number of hydrogen-bond acceptors (Lipinski definition) is 5. The van der Waals surface area contributed by atoms with Crippen molar-refractivity contribution in [1.82, 2.24) is 4.90 Å². The Morgan fingerprint density at radius 1 is 1.07 bits per heavy atom. The Kier molecular flexibility index (Phi) is 5.37. The zero-order valence-electron chi connectivity index (χ0n) is 16.8. The highest BCUT2D eigenvalue weighted by Crippen LogP contribution is 2.36. The molecule has 2 heterocycles. The molecule has 2 fully saturated rings. The molecule has 0 atom stereocenters. The van der Waals surface area contributed by atoms with Crippen molar-refractivity contribution in [2.75, 3.05) is 20.2 Å². The standard InChI is InChI=1S/C20H28BNO5/c1-19(2)20(3,4)27-21(26-19)16-9-7-6-8-15(16)17(23)22-12-10-14(11-13-22)18(24)25-5/h6-9,14H,10-13H2,1-5H3. The van der Waals surface area contributed by atoms with Crippen LogP contribution in [0, 0.1) is 5.92 Å². The van der Waals surface area contributed by atoms with E-state index < -0.39 is 18.3 Å². The Morgan fingerprint density at radius 2 is 1.63 bits per heavy atom. The summed E-state index contributed by atoms with van der Waals surface area (Å²) in [4.78, 5) is 26.6. The summed E-state index contributed by atoms with van der Waals surface area (Å²) in [5.74, 6) is -0.374. The van der Waals surface area contributed by atoms with Gasteiger partial charge in [0.1, 0.15) is 0 Å². The van der Waals surface area contributed by atoms with Gasteiger partial charge in [0.15, 0.2) is 0 Å². The van der Waals surface area contributed by atoms with Crippen LogP contribution in [0.3, 0.4) is 0 Å². The number of carbonyl (C=O) groups excluding carboxylic acids is 2. The van der Waals surface area contributed by atoms with E-state index in [1.54, 1.807) is 4.90 Å². The van der Waals surface area contributed by atoms with Crippen molar-refractivity contribution in [1.29, 1.82) is 0 Å². The third kappa shape index (κ3) is 3.76. The van der Waals surface area contributed by atoms with Crippen LogP contribution in [0.15, 0.2) is 24.3 Å². The SMILES string of the molecule is COC(=O)C1CCN(C(=O)c2ccccc2B2OC(C)(C)C(C)(C)O2)CC1. The van der Waals surface area contributed by atoms with Gasteiger partial charge in [-0.2, -0.15) is 0 Å². The Morgan fingerprint density at radius 3 is 2.19 bits per heavy atom. The summed E-state index contributed by atoms with van der Waals surface area (Å²) < 4.78 is 17.1. The molecule has 0 unspecified atom stereocenters. The lowest BCUT2D eigenvalue weighted by molar-refractivity contribution is -0.146. The first kappa shape index (κ1) is 19.9. The molecule has 0 aromatic heterocycles. The second-order valence-electron chi connectivity index (χ2n) is 8.27. The highest BCUT2D eigenvalue weighted by atomic mass is 16.7. The highest BCUT2D eigenvalue weighted by Gasteiger charge is 2.52. The van der Waals surface area contributed by atoms with Crippen molar-refractivity contribution in [3.8, 4) is 0 Å². The van der Waals surface area contributed by atoms with Crippen molar-refractivity contribution < 1.29 is 23.6 Å². The predicted octanol–water partition coefficient (Wildman–Crippen LogP) is 2.01. The van der Waals surface area contributed by atoms with Crippen LogP contribution in [0.1, 0.15) is 50.9 Å². The quantitative estimate of drug-likeness (QED) is 0.599. The maximum absolute atomic E-state index is 13.1. The first-order valence-corrected chi connectivity index (χ1v) is 9.48. The van der Waals surface area contributed by atoms with Crippen LogP contribution in [0.2, 0.25) is 0 Å². The molecular formula is C20H28BNO5. The van der Waals surface area contributed by atoms with E-state index in [0.29, 0.717) is 31.5 Å². The molecule has 0 aliphatic carbocycles. The smallest absolute Gasteiger partial charge is 0.469 e. The molecule has 0 radical (unpaired) electrons. The molecule has 0 N–H and O–H groups in total. The summed E-state index contributed by atoms with van der Waals surface area (Å²) in [7, 11) is 0.823. The molecule has 6 nitrogen and oxygen atoms in total. The number of ether oxygens (including phenoxy) is 1. The zero-order chi connectivity index (χ0) is 19.8. The minimum atomic E-state index is -0.581. The van der Waals surface area contributed by atoms with Crippen LogP contribution in [0.5, 0.6) is 0 Å². The predicted molar refractivity (Wildman–Crippen MR) is 103 cm³/mol. The fraction of sp³-hybridized carbons (Fsp3) is 0.600. The van der Waals surface area contributed by atoms with Gasteiger partial charge in [-0.05, 0) is 52.1 Å². The van der Waals surface area contributed by atoms with Gasteiger partial charge in [-0.1, -0.05) is 18.2 Å². The number of amides is 1. The third-order valence-corrected chi connectivity index (χ3v) is 6.02. The normalized spacial score (nSPS) is 22.0. The summed E-state index contributed by atoms with van der Waals surface area (Å²) in [5.41, 5.74) is 0.406. The van der Waals surface area contributed by atoms with E-state index in [4.69, 9.17) is 14.0 Å². The maximum atomic E-state index is 13.1. The van der Waals surface area contributed by atoms with Gasteiger partial charge in [0.25, 0.3) is 5.91 Å². The van der Waals surface area contributed by atoms with Gasteiger partial charge in [-0.3, -0.25) is 9.59 Å². The molecule has 3 rings (SSSR count). The third-order valence-electron chi connectivity index (χ3n) is 6.02. The van der Waals surface area contributed by atoms with Crippen LogP contribution in [0.4, 0.5) is 0 Å². The number of benzene rings is 1. The fourth-order valence-electron chi connectivity index (χ4n) is 3.52. The van der Waals surface area contributed by atoms with E-state index in [1.165, 1.54) is 7.11 Å². The van der Waals surface area contributed by atoms with Gasteiger partial charge in [-0.25, -0.2) is 0 Å². The van der Waals surface area contributed by atoms with Crippen molar-refractivity contribution in [2.45, 2.75) is 51.7 Å². The van der Waals surface area contributed by atoms with Crippen LogP contribution >= 0.6 is 0 Å². The molecule has 1 aromatic carbocycles. The summed E-state index contributed by atoms with van der Waals surface area (Å²) >= 11 is 0. The molecule has 2 aliphatic rings. The number of methoxy groups -OCH3 is 1. The monoisotopic (exact) mass is 373 g/mol. The van der Waals surface area contributed by atoms with E-state index in [1.807, 2.05) is 52.0 Å². The largest absolute Gasteiger partial charge is 0.495 e. The number of rotatable bonds is 3. The van der Waals surface area contributed by atoms with Crippen LogP contribution in [-0.4, -0.2) is 55.3 Å². The van der Waals surface area contributed by atoms with E-state index in [2.05, 4.69) is 0 Å². The summed E-state index contributed by atoms with van der Waals surface area (Å²) in [5, 5.41) is 0. The van der Waals surface area contributed by atoms with E-state index >= 15 is 0 Å². The molecule has 0 bridgehead atoms. The van der Waals surface area contributed by atoms with Crippen molar-refractivity contribution in [3.05, 3.63) is 29.8 Å². The molecular weight excluding hydrogens is 345 g/mol. The van der Waals surface area contributed by atoms with E-state index in [9.17, 15) is 9.59 Å². The summed E-state index contributed by atoms with van der Waals surface area (Å²) in [6.07, 6.45) is 1.24. The first-order valence-electron chi connectivity index (χ1n) is 9.48. The first-order chi connectivity index (χ1) is 12.7. The van der Waals surface area contributed by atoms with Crippen LogP contribution in [-0.2, 0) is 18.8 Å². The van der Waals surface area contributed by atoms with Gasteiger partial charge in [-0.15, -0.1) is 0 Å². The number of piperidine rings is 1. The molecule has 2 saturated heterocycles. The van der Waals surface area contributed by atoms with Crippen molar-refractivity contribution in [2.24, 2.45) is 5.92 Å². The number of carbonyl (C=O) groups is 2. The van der Waals surface area contributed by atoms with E-state index in [-0.39, 0.29) is 17.8 Å². The molecule has 0 saturated carbocycles. The number of nitrogens with zero attached hydrogens (tertiary/aromatic N) is 1. The topological polar surface area (TPSA) is 65.1 Å². The minimum Gasteiger partial charge on any atom is -0.469 e. The number of hydrogen-bond donors (Lipinski definition) is 0. The van der Waals surface area contributed by atoms with Crippen LogP contribution < -0.4 is 5.46 Å². The minimum absolute atomic E-state index is 0.0522. The molecule has 27 heavy (non-hydrogen) atoms. The lowest BCUT2D eigenvalue weighted by atomic mass is 9.75. The Balaban J connectivity index is 1.77. The number of esters is 1. The molecule has 7 heteroatoms. The van der Waals surface area contributed by atoms with Gasteiger partial charge >= 0.3 is 13.1 Å². The molecule has 146 valence electrons. The van der Waals surface area contributed by atoms with Gasteiger partial charge in [0, 0.05) is 18.7 Å². The highest BCUT2D eigenvalue weighted by molar-refractivity contribution is 6.63. The zero-order valence-corrected chi connectivity index (χ0v) is 16.8. The van der Waals surface area contributed by atoms with Crippen LogP contribution in [0.25, 0.3) is 0 Å². The Labute approximate surface area is 161 Å². The van der Waals surface area contributed by atoms with E-state index in [0.717, 1.165) is 5.46 Å². The van der Waals surface area contributed by atoms with Gasteiger partial charge in [0.2, 0.25) is 0 Å². The lowest BCUT2D eigenvalue weighted by Gasteiger charge is -2.32. The van der Waals surface area contributed by atoms with Gasteiger partial charge in [0.05, 0.1) is 24.2 Å². The summed E-state index contributed by atoms with van der Waals surface area (Å²) in [6, 6.07) is 7.44. The summed E-state index contributed by atoms with van der Waals surface area (Å²) in [6.45, 7) is 9.06. The average molecular weight is 373 g/mol. The van der Waals surface area contributed by atoms with Crippen molar-refractivity contribution >= 4 is 24.5 Å². The Hall–Kier alpha value is -1.86. The second-order valence-corrected chi connectivity index (χ2v) is 8.27. The van der Waals surface area contributed by atoms with Crippen molar-refractivity contribution in [3.63, 3.8) is 0 Å². The lowest BCUT2D eigenvalue weighted by Crippen LogP contribution is -2.45.